The third kappa shape index (κ3) is 2.29. The standard InChI is InChI=1S/C11H9F2N3O2/c1-5-2-9(16-15-5)14-11(18)10-7(13)3-6(12)4-8(10)17/h2-4,17H,1H3,(H2,14,15,16,18). The van der Waals surface area contributed by atoms with Gasteiger partial charge in [-0.1, -0.05) is 0 Å². The largest absolute Gasteiger partial charge is 0.507 e. The highest BCUT2D eigenvalue weighted by atomic mass is 19.1. The molecule has 1 aromatic heterocycles. The average molecular weight is 253 g/mol. The molecule has 0 saturated heterocycles. The van der Waals surface area contributed by atoms with Crippen LogP contribution in [0.2, 0.25) is 0 Å². The second-order valence-electron chi connectivity index (χ2n) is 3.67. The molecule has 0 radical (unpaired) electrons. The number of nitrogens with zero attached hydrogens (tertiary/aromatic N) is 1. The van der Waals surface area contributed by atoms with Gasteiger partial charge in [-0.25, -0.2) is 8.78 Å². The number of halogens is 2. The Bertz CT molecular complexity index is 587. The second-order valence-corrected chi connectivity index (χ2v) is 3.67. The molecule has 0 spiro atoms. The predicted molar refractivity (Wildman–Crippen MR) is 59.3 cm³/mol. The lowest BCUT2D eigenvalue weighted by Crippen LogP contribution is -2.14. The van der Waals surface area contributed by atoms with Crippen LogP contribution in [0.15, 0.2) is 18.2 Å². The summed E-state index contributed by atoms with van der Waals surface area (Å²) in [6.45, 7) is 1.72. The number of hydrogen-bond donors (Lipinski definition) is 3. The van der Waals surface area contributed by atoms with Crippen LogP contribution in [0.25, 0.3) is 0 Å². The first-order chi connectivity index (χ1) is 8.47. The summed E-state index contributed by atoms with van der Waals surface area (Å²) < 4.78 is 26.1. The van der Waals surface area contributed by atoms with Gasteiger partial charge in [-0.3, -0.25) is 9.89 Å². The van der Waals surface area contributed by atoms with Crippen LogP contribution in [0.5, 0.6) is 5.75 Å². The van der Waals surface area contributed by atoms with E-state index >= 15 is 0 Å². The van der Waals surface area contributed by atoms with E-state index < -0.39 is 28.9 Å². The molecular formula is C11H9F2N3O2. The van der Waals surface area contributed by atoms with Crippen LogP contribution >= 0.6 is 0 Å². The molecule has 0 atom stereocenters. The molecule has 1 heterocycles. The Labute approximate surface area is 100 Å². The minimum Gasteiger partial charge on any atom is -0.507 e. The fourth-order valence-electron chi connectivity index (χ4n) is 1.45. The minimum absolute atomic E-state index is 0.181. The quantitative estimate of drug-likeness (QED) is 0.765. The first kappa shape index (κ1) is 12.0. The van der Waals surface area contributed by atoms with Crippen molar-refractivity contribution in [3.63, 3.8) is 0 Å². The van der Waals surface area contributed by atoms with E-state index in [1.165, 1.54) is 6.07 Å². The van der Waals surface area contributed by atoms with E-state index in [1.807, 2.05) is 0 Å². The summed E-state index contributed by atoms with van der Waals surface area (Å²) in [4.78, 5) is 11.7. The molecule has 2 aromatic rings. The van der Waals surface area contributed by atoms with Crippen molar-refractivity contribution in [2.24, 2.45) is 0 Å². The highest BCUT2D eigenvalue weighted by Crippen LogP contribution is 2.23. The number of hydrogen-bond acceptors (Lipinski definition) is 3. The lowest BCUT2D eigenvalue weighted by Gasteiger charge is -2.05. The average Bonchev–Trinajstić information content (AvgIpc) is 2.62. The van der Waals surface area contributed by atoms with E-state index in [0.29, 0.717) is 17.8 Å². The SMILES string of the molecule is Cc1cc(NC(=O)c2c(O)cc(F)cc2F)n[nH]1. The van der Waals surface area contributed by atoms with Crippen molar-refractivity contribution in [1.82, 2.24) is 10.2 Å². The lowest BCUT2D eigenvalue weighted by atomic mass is 10.1. The van der Waals surface area contributed by atoms with E-state index in [0.717, 1.165) is 0 Å². The van der Waals surface area contributed by atoms with Gasteiger partial charge in [0.2, 0.25) is 0 Å². The number of anilines is 1. The van der Waals surface area contributed by atoms with Crippen molar-refractivity contribution in [2.45, 2.75) is 6.92 Å². The number of amides is 1. The number of carbonyl (C=O) groups excluding carboxylic acids is 1. The maximum Gasteiger partial charge on any atom is 0.263 e. The van der Waals surface area contributed by atoms with Crippen LogP contribution in [-0.2, 0) is 0 Å². The molecule has 0 fully saturated rings. The summed E-state index contributed by atoms with van der Waals surface area (Å²) >= 11 is 0. The molecule has 0 aliphatic rings. The monoisotopic (exact) mass is 253 g/mol. The maximum atomic E-state index is 13.4. The number of aromatic amines is 1. The third-order valence-electron chi connectivity index (χ3n) is 2.21. The molecule has 7 heteroatoms. The van der Waals surface area contributed by atoms with Gasteiger partial charge in [0.1, 0.15) is 22.9 Å². The Hall–Kier alpha value is -2.44. The van der Waals surface area contributed by atoms with Crippen LogP contribution < -0.4 is 5.32 Å². The number of benzene rings is 1. The van der Waals surface area contributed by atoms with E-state index in [-0.39, 0.29) is 5.82 Å². The summed E-state index contributed by atoms with van der Waals surface area (Å²) in [5, 5.41) is 17.9. The molecule has 0 bridgehead atoms. The molecular weight excluding hydrogens is 244 g/mol. The molecule has 3 N–H and O–H groups in total. The number of aromatic hydroxyl groups is 1. The van der Waals surface area contributed by atoms with E-state index in [4.69, 9.17) is 0 Å². The van der Waals surface area contributed by atoms with Gasteiger partial charge in [-0.05, 0) is 6.92 Å². The topological polar surface area (TPSA) is 78.0 Å². The Morgan fingerprint density at radius 1 is 1.39 bits per heavy atom. The van der Waals surface area contributed by atoms with E-state index in [1.54, 1.807) is 6.92 Å². The molecule has 1 amide bonds. The molecule has 18 heavy (non-hydrogen) atoms. The highest BCUT2D eigenvalue weighted by Gasteiger charge is 2.19. The fraction of sp³-hybridized carbons (Fsp3) is 0.0909. The van der Waals surface area contributed by atoms with Crippen molar-refractivity contribution in [2.75, 3.05) is 5.32 Å². The van der Waals surface area contributed by atoms with Crippen molar-refractivity contribution in [1.29, 1.82) is 0 Å². The van der Waals surface area contributed by atoms with Crippen molar-refractivity contribution < 1.29 is 18.7 Å². The number of aromatic nitrogens is 2. The minimum atomic E-state index is -1.14. The Morgan fingerprint density at radius 3 is 2.67 bits per heavy atom. The van der Waals surface area contributed by atoms with Crippen LogP contribution in [-0.4, -0.2) is 21.2 Å². The number of nitrogens with one attached hydrogen (secondary N) is 2. The van der Waals surface area contributed by atoms with Crippen LogP contribution in [0.1, 0.15) is 16.1 Å². The first-order valence-corrected chi connectivity index (χ1v) is 4.98. The van der Waals surface area contributed by atoms with Crippen molar-refractivity contribution in [3.8, 4) is 5.75 Å². The zero-order chi connectivity index (χ0) is 13.3. The Morgan fingerprint density at radius 2 is 2.11 bits per heavy atom. The summed E-state index contributed by atoms with van der Waals surface area (Å²) in [7, 11) is 0. The lowest BCUT2D eigenvalue weighted by molar-refractivity contribution is 0.102. The first-order valence-electron chi connectivity index (χ1n) is 4.98. The number of phenols is 1. The third-order valence-corrected chi connectivity index (χ3v) is 2.21. The zero-order valence-corrected chi connectivity index (χ0v) is 9.29. The zero-order valence-electron chi connectivity index (χ0n) is 9.29. The smallest absolute Gasteiger partial charge is 0.263 e. The van der Waals surface area contributed by atoms with Gasteiger partial charge in [0.15, 0.2) is 5.82 Å². The molecule has 0 saturated carbocycles. The summed E-state index contributed by atoms with van der Waals surface area (Å²) in [5.41, 5.74) is 0.0751. The summed E-state index contributed by atoms with van der Waals surface area (Å²) in [6, 6.07) is 2.70. The van der Waals surface area contributed by atoms with Crippen molar-refractivity contribution in [3.05, 3.63) is 41.1 Å². The molecule has 0 aliphatic heterocycles. The number of rotatable bonds is 2. The van der Waals surface area contributed by atoms with Crippen LogP contribution in [0.4, 0.5) is 14.6 Å². The maximum absolute atomic E-state index is 13.4. The molecule has 5 nitrogen and oxygen atoms in total. The van der Waals surface area contributed by atoms with Gasteiger partial charge >= 0.3 is 0 Å². The number of aryl methyl sites for hydroxylation is 1. The van der Waals surface area contributed by atoms with Gasteiger partial charge < -0.3 is 10.4 Å². The molecule has 94 valence electrons. The van der Waals surface area contributed by atoms with Crippen molar-refractivity contribution >= 4 is 11.7 Å². The van der Waals surface area contributed by atoms with Gasteiger partial charge in [0.25, 0.3) is 5.91 Å². The van der Waals surface area contributed by atoms with Crippen LogP contribution in [0, 0.1) is 18.6 Å². The molecule has 0 unspecified atom stereocenters. The highest BCUT2D eigenvalue weighted by molar-refractivity contribution is 6.05. The summed E-state index contributed by atoms with van der Waals surface area (Å²) in [5.74, 6) is -3.59. The Kier molecular flexibility index (Phi) is 2.97. The van der Waals surface area contributed by atoms with Crippen LogP contribution in [0.3, 0.4) is 0 Å². The molecule has 1 aromatic carbocycles. The number of carbonyl (C=O) groups is 1. The Balaban J connectivity index is 2.29. The molecule has 0 aliphatic carbocycles. The molecule has 2 rings (SSSR count). The summed E-state index contributed by atoms with van der Waals surface area (Å²) in [6.07, 6.45) is 0. The number of phenolic OH excluding ortho intramolecular Hbond substituents is 1. The van der Waals surface area contributed by atoms with Gasteiger partial charge in [-0.15, -0.1) is 0 Å². The second kappa shape index (κ2) is 4.44. The predicted octanol–water partition coefficient (Wildman–Crippen LogP) is 1.95. The van der Waals surface area contributed by atoms with Gasteiger partial charge in [0.05, 0.1) is 0 Å². The van der Waals surface area contributed by atoms with Gasteiger partial charge in [-0.2, -0.15) is 5.10 Å². The normalized spacial score (nSPS) is 10.4. The number of H-pyrrole nitrogens is 1. The van der Waals surface area contributed by atoms with E-state index in [9.17, 15) is 18.7 Å². The fourth-order valence-corrected chi connectivity index (χ4v) is 1.45. The van der Waals surface area contributed by atoms with Gasteiger partial charge in [0, 0.05) is 23.9 Å². The van der Waals surface area contributed by atoms with E-state index in [2.05, 4.69) is 15.5 Å².